The number of carbonyl (C=O) groups is 1. The maximum atomic E-state index is 13.4. The highest BCUT2D eigenvalue weighted by molar-refractivity contribution is 7.98. The second-order valence-electron chi connectivity index (χ2n) is 7.66. The van der Waals surface area contributed by atoms with Crippen LogP contribution in [-0.4, -0.2) is 25.7 Å². The summed E-state index contributed by atoms with van der Waals surface area (Å²) >= 11 is 7.22. The number of halogens is 2. The van der Waals surface area contributed by atoms with E-state index in [0.29, 0.717) is 28.1 Å². The molecular weight excluding hydrogens is 507 g/mol. The first-order valence-corrected chi connectivity index (χ1v) is 12.0. The van der Waals surface area contributed by atoms with Crippen LogP contribution in [0, 0.1) is 22.9 Å². The van der Waals surface area contributed by atoms with Crippen LogP contribution in [-0.2, 0) is 12.3 Å². The molecule has 4 rings (SSSR count). The number of carbonyl (C=O) groups excluding carboxylic acids is 1. The van der Waals surface area contributed by atoms with Gasteiger partial charge in [0.25, 0.3) is 5.69 Å². The molecule has 1 heterocycles. The number of thioether (sulfide) groups is 1. The van der Waals surface area contributed by atoms with E-state index in [2.05, 4.69) is 20.8 Å². The number of benzene rings is 3. The molecule has 0 unspecified atom stereocenters. The van der Waals surface area contributed by atoms with Crippen molar-refractivity contribution in [3.8, 4) is 5.69 Å². The minimum atomic E-state index is -0.588. The largest absolute Gasteiger partial charge is 0.331 e. The van der Waals surface area contributed by atoms with E-state index < -0.39 is 16.8 Å². The summed E-state index contributed by atoms with van der Waals surface area (Å²) < 4.78 is 15.1. The fraction of sp³-hybridized carbons (Fsp3) is 0.125. The Bertz CT molecular complexity index is 1410. The zero-order valence-electron chi connectivity index (χ0n) is 18.9. The molecule has 0 spiro atoms. The molecule has 0 saturated heterocycles. The lowest BCUT2D eigenvalue weighted by Crippen LogP contribution is -2.29. The van der Waals surface area contributed by atoms with E-state index in [4.69, 9.17) is 11.6 Å². The van der Waals surface area contributed by atoms with E-state index in [9.17, 15) is 19.3 Å². The van der Waals surface area contributed by atoms with Gasteiger partial charge in [-0.25, -0.2) is 9.18 Å². The van der Waals surface area contributed by atoms with Crippen molar-refractivity contribution in [2.75, 3.05) is 5.32 Å². The first kappa shape index (κ1) is 25.1. The number of hydrogen-bond acceptors (Lipinski definition) is 6. The normalized spacial score (nSPS) is 10.8. The Morgan fingerprint density at radius 2 is 1.89 bits per heavy atom. The quantitative estimate of drug-likeness (QED) is 0.168. The average Bonchev–Trinajstić information content (AvgIpc) is 3.27. The number of nitrogens with zero attached hydrogens (tertiary/aromatic N) is 4. The van der Waals surface area contributed by atoms with Crippen LogP contribution in [0.2, 0.25) is 5.02 Å². The van der Waals surface area contributed by atoms with Gasteiger partial charge in [0, 0.05) is 29.3 Å². The van der Waals surface area contributed by atoms with Crippen LogP contribution in [0.1, 0.15) is 17.0 Å². The fourth-order valence-corrected chi connectivity index (χ4v) is 4.54. The summed E-state index contributed by atoms with van der Waals surface area (Å²) in [4.78, 5) is 23.0. The summed E-state index contributed by atoms with van der Waals surface area (Å²) in [7, 11) is 0. The first-order valence-electron chi connectivity index (χ1n) is 10.7. The van der Waals surface area contributed by atoms with Gasteiger partial charge in [0.1, 0.15) is 5.82 Å². The van der Waals surface area contributed by atoms with Crippen LogP contribution in [0.25, 0.3) is 5.69 Å². The number of nitro benzene ring substituents is 1. The van der Waals surface area contributed by atoms with Gasteiger partial charge in [0.15, 0.2) is 11.0 Å². The number of aryl methyl sites for hydroxylation is 1. The lowest BCUT2D eigenvalue weighted by Gasteiger charge is -2.12. The van der Waals surface area contributed by atoms with Crippen LogP contribution < -0.4 is 10.6 Å². The van der Waals surface area contributed by atoms with Crippen LogP contribution in [0.4, 0.5) is 20.6 Å². The predicted octanol–water partition coefficient (Wildman–Crippen LogP) is 5.89. The summed E-state index contributed by atoms with van der Waals surface area (Å²) in [5, 5.41) is 25.3. The second kappa shape index (κ2) is 11.2. The van der Waals surface area contributed by atoms with Crippen LogP contribution in [0.3, 0.4) is 0 Å². The van der Waals surface area contributed by atoms with E-state index in [1.165, 1.54) is 36.0 Å². The molecule has 1 aromatic heterocycles. The molecule has 0 atom stereocenters. The molecule has 184 valence electrons. The highest BCUT2D eigenvalue weighted by atomic mass is 35.5. The highest BCUT2D eigenvalue weighted by Crippen LogP contribution is 2.27. The van der Waals surface area contributed by atoms with Crippen molar-refractivity contribution in [1.82, 2.24) is 20.1 Å². The SMILES string of the molecule is Cc1ccccc1CSc1nnc(CNC(=O)Nc2ccc(F)c(Cl)c2)n1-c1ccc([N+](=O)[O-])cc1. The zero-order chi connectivity index (χ0) is 25.7. The van der Waals surface area contributed by atoms with Gasteiger partial charge in [-0.05, 0) is 48.4 Å². The maximum Gasteiger partial charge on any atom is 0.319 e. The molecule has 0 bridgehead atoms. The third-order valence-corrected chi connectivity index (χ3v) is 6.49. The number of nitro groups is 1. The number of rotatable bonds is 8. The van der Waals surface area contributed by atoms with Crippen molar-refractivity contribution < 1.29 is 14.1 Å². The van der Waals surface area contributed by atoms with E-state index in [1.54, 1.807) is 16.7 Å². The standard InChI is InChI=1S/C24H20ClFN6O3S/c1-15-4-2-3-5-16(15)14-36-24-30-29-22(31(24)18-7-9-19(10-8-18)32(34)35)13-27-23(33)28-17-6-11-21(26)20(25)12-17/h2-12H,13-14H2,1H3,(H2,27,28,33). The molecule has 9 nitrogen and oxygen atoms in total. The molecule has 2 N–H and O–H groups in total. The van der Waals surface area contributed by atoms with Gasteiger partial charge in [0.05, 0.1) is 16.5 Å². The molecule has 3 aromatic carbocycles. The minimum absolute atomic E-state index is 0.00960. The number of urea groups is 1. The van der Waals surface area contributed by atoms with Gasteiger partial charge in [-0.3, -0.25) is 14.7 Å². The van der Waals surface area contributed by atoms with Gasteiger partial charge in [-0.15, -0.1) is 10.2 Å². The van der Waals surface area contributed by atoms with E-state index in [1.807, 2.05) is 31.2 Å². The number of amides is 2. The average molecular weight is 527 g/mol. The smallest absolute Gasteiger partial charge is 0.319 e. The molecular formula is C24H20ClFN6O3S. The monoisotopic (exact) mass is 526 g/mol. The Morgan fingerprint density at radius 3 is 2.58 bits per heavy atom. The molecule has 36 heavy (non-hydrogen) atoms. The summed E-state index contributed by atoms with van der Waals surface area (Å²) in [6.45, 7) is 2.04. The second-order valence-corrected chi connectivity index (χ2v) is 9.01. The molecule has 12 heteroatoms. The molecule has 2 amide bonds. The van der Waals surface area contributed by atoms with Crippen molar-refractivity contribution in [1.29, 1.82) is 0 Å². The van der Waals surface area contributed by atoms with Gasteiger partial charge in [-0.2, -0.15) is 0 Å². The number of anilines is 1. The number of nitrogens with one attached hydrogen (secondary N) is 2. The Hall–Kier alpha value is -3.96. The Morgan fingerprint density at radius 1 is 1.14 bits per heavy atom. The van der Waals surface area contributed by atoms with Gasteiger partial charge >= 0.3 is 6.03 Å². The van der Waals surface area contributed by atoms with E-state index in [0.717, 1.165) is 17.2 Å². The highest BCUT2D eigenvalue weighted by Gasteiger charge is 2.17. The summed E-state index contributed by atoms with van der Waals surface area (Å²) in [5.74, 6) is 0.467. The number of hydrogen-bond donors (Lipinski definition) is 2. The summed E-state index contributed by atoms with van der Waals surface area (Å²) in [6.07, 6.45) is 0. The van der Waals surface area contributed by atoms with Crippen molar-refractivity contribution >= 4 is 40.8 Å². The van der Waals surface area contributed by atoms with Crippen LogP contribution in [0.5, 0.6) is 0 Å². The van der Waals surface area contributed by atoms with Gasteiger partial charge in [-0.1, -0.05) is 47.6 Å². The molecule has 0 aliphatic rings. The third kappa shape index (κ3) is 5.99. The molecule has 0 aliphatic heterocycles. The van der Waals surface area contributed by atoms with Crippen LogP contribution in [0.15, 0.2) is 71.9 Å². The summed E-state index contributed by atoms with van der Waals surface area (Å²) in [6, 6.07) is 17.3. The topological polar surface area (TPSA) is 115 Å². The van der Waals surface area contributed by atoms with Crippen molar-refractivity contribution in [3.05, 3.63) is 105 Å². The molecule has 4 aromatic rings. The molecule has 0 aliphatic carbocycles. The molecule has 0 fully saturated rings. The first-order chi connectivity index (χ1) is 17.3. The fourth-order valence-electron chi connectivity index (χ4n) is 3.31. The van der Waals surface area contributed by atoms with Gasteiger partial charge < -0.3 is 10.6 Å². The molecule has 0 saturated carbocycles. The van der Waals surface area contributed by atoms with Crippen LogP contribution >= 0.6 is 23.4 Å². The lowest BCUT2D eigenvalue weighted by molar-refractivity contribution is -0.384. The van der Waals surface area contributed by atoms with E-state index >= 15 is 0 Å². The maximum absolute atomic E-state index is 13.4. The van der Waals surface area contributed by atoms with E-state index in [-0.39, 0.29) is 17.3 Å². The zero-order valence-corrected chi connectivity index (χ0v) is 20.5. The Kier molecular flexibility index (Phi) is 7.81. The number of non-ortho nitro benzene ring substituents is 1. The Labute approximate surface area is 214 Å². The Balaban J connectivity index is 1.54. The van der Waals surface area contributed by atoms with Crippen molar-refractivity contribution in [3.63, 3.8) is 0 Å². The molecule has 0 radical (unpaired) electrons. The lowest BCUT2D eigenvalue weighted by atomic mass is 10.1. The number of aromatic nitrogens is 3. The van der Waals surface area contributed by atoms with Crippen molar-refractivity contribution in [2.45, 2.75) is 24.4 Å². The van der Waals surface area contributed by atoms with Crippen molar-refractivity contribution in [2.24, 2.45) is 0 Å². The third-order valence-electron chi connectivity index (χ3n) is 5.22. The van der Waals surface area contributed by atoms with Gasteiger partial charge in [0.2, 0.25) is 0 Å². The summed E-state index contributed by atoms with van der Waals surface area (Å²) in [5.41, 5.74) is 3.17. The minimum Gasteiger partial charge on any atom is -0.331 e. The predicted molar refractivity (Wildman–Crippen MR) is 136 cm³/mol.